The van der Waals surface area contributed by atoms with Crippen molar-refractivity contribution in [2.24, 2.45) is 0 Å². The standard InChI is InChI=1S/C13H12Cl2N2/c14-10-4-1-3-9(7-10)8-17-12-6-2-5-11(15)13(12)16/h1-7,17H,8,16H2. The summed E-state index contributed by atoms with van der Waals surface area (Å²) in [4.78, 5) is 0. The lowest BCUT2D eigenvalue weighted by molar-refractivity contribution is 1.15. The van der Waals surface area contributed by atoms with Gasteiger partial charge in [0.25, 0.3) is 0 Å². The number of rotatable bonds is 3. The van der Waals surface area contributed by atoms with Crippen LogP contribution in [-0.2, 0) is 6.54 Å². The lowest BCUT2D eigenvalue weighted by Gasteiger charge is -2.10. The molecule has 0 saturated heterocycles. The predicted octanol–water partition coefficient (Wildman–Crippen LogP) is 4.19. The van der Waals surface area contributed by atoms with E-state index in [9.17, 15) is 0 Å². The summed E-state index contributed by atoms with van der Waals surface area (Å²) >= 11 is 11.8. The lowest BCUT2D eigenvalue weighted by atomic mass is 10.2. The van der Waals surface area contributed by atoms with Crippen molar-refractivity contribution in [2.45, 2.75) is 6.54 Å². The third-order valence-electron chi connectivity index (χ3n) is 2.42. The summed E-state index contributed by atoms with van der Waals surface area (Å²) < 4.78 is 0. The van der Waals surface area contributed by atoms with E-state index in [2.05, 4.69) is 5.32 Å². The number of hydrogen-bond acceptors (Lipinski definition) is 2. The van der Waals surface area contributed by atoms with Gasteiger partial charge in [-0.3, -0.25) is 0 Å². The molecule has 0 aromatic heterocycles. The van der Waals surface area contributed by atoms with Crippen LogP contribution in [0.3, 0.4) is 0 Å². The molecule has 0 saturated carbocycles. The van der Waals surface area contributed by atoms with E-state index < -0.39 is 0 Å². The minimum absolute atomic E-state index is 0.557. The van der Waals surface area contributed by atoms with E-state index >= 15 is 0 Å². The van der Waals surface area contributed by atoms with Crippen LogP contribution >= 0.6 is 23.2 Å². The van der Waals surface area contributed by atoms with E-state index in [0.29, 0.717) is 17.3 Å². The summed E-state index contributed by atoms with van der Waals surface area (Å²) in [6, 6.07) is 13.2. The second-order valence-corrected chi connectivity index (χ2v) is 4.53. The molecule has 0 aliphatic rings. The van der Waals surface area contributed by atoms with Gasteiger partial charge in [-0.25, -0.2) is 0 Å². The van der Waals surface area contributed by atoms with Crippen molar-refractivity contribution in [2.75, 3.05) is 11.1 Å². The molecule has 0 bridgehead atoms. The van der Waals surface area contributed by atoms with Crippen molar-refractivity contribution in [3.63, 3.8) is 0 Å². The van der Waals surface area contributed by atoms with E-state index in [1.807, 2.05) is 36.4 Å². The lowest BCUT2D eigenvalue weighted by Crippen LogP contribution is -2.02. The largest absolute Gasteiger partial charge is 0.396 e. The maximum Gasteiger partial charge on any atom is 0.0739 e. The van der Waals surface area contributed by atoms with E-state index in [0.717, 1.165) is 16.3 Å². The normalized spacial score (nSPS) is 10.2. The Morgan fingerprint density at radius 3 is 2.59 bits per heavy atom. The van der Waals surface area contributed by atoms with Crippen molar-refractivity contribution in [1.29, 1.82) is 0 Å². The van der Waals surface area contributed by atoms with Crippen molar-refractivity contribution >= 4 is 34.6 Å². The fraction of sp³-hybridized carbons (Fsp3) is 0.0769. The highest BCUT2D eigenvalue weighted by molar-refractivity contribution is 6.33. The van der Waals surface area contributed by atoms with Gasteiger partial charge in [0.2, 0.25) is 0 Å². The van der Waals surface area contributed by atoms with E-state index in [-0.39, 0.29) is 0 Å². The molecule has 0 fully saturated rings. The maximum atomic E-state index is 5.93. The fourth-order valence-corrected chi connectivity index (χ4v) is 1.92. The van der Waals surface area contributed by atoms with Gasteiger partial charge in [-0.2, -0.15) is 0 Å². The highest BCUT2D eigenvalue weighted by Gasteiger charge is 2.02. The second kappa shape index (κ2) is 5.30. The Balaban J connectivity index is 2.10. The zero-order chi connectivity index (χ0) is 12.3. The van der Waals surface area contributed by atoms with Crippen molar-refractivity contribution in [3.8, 4) is 0 Å². The first-order chi connectivity index (χ1) is 8.16. The molecular formula is C13H12Cl2N2. The van der Waals surface area contributed by atoms with Crippen molar-refractivity contribution in [3.05, 3.63) is 58.1 Å². The molecule has 4 heteroatoms. The molecule has 0 aliphatic carbocycles. The van der Waals surface area contributed by atoms with E-state index in [1.54, 1.807) is 6.07 Å². The quantitative estimate of drug-likeness (QED) is 0.818. The Bertz CT molecular complexity index is 527. The summed E-state index contributed by atoms with van der Waals surface area (Å²) in [5, 5.41) is 4.51. The van der Waals surface area contributed by atoms with Gasteiger partial charge in [-0.1, -0.05) is 41.4 Å². The molecule has 0 aliphatic heterocycles. The van der Waals surface area contributed by atoms with Gasteiger partial charge in [0.1, 0.15) is 0 Å². The molecule has 0 unspecified atom stereocenters. The minimum Gasteiger partial charge on any atom is -0.396 e. The van der Waals surface area contributed by atoms with Crippen LogP contribution < -0.4 is 11.1 Å². The number of hydrogen-bond donors (Lipinski definition) is 2. The molecule has 2 aromatic rings. The zero-order valence-corrected chi connectivity index (χ0v) is 10.6. The number of para-hydroxylation sites is 1. The van der Waals surface area contributed by atoms with Gasteiger partial charge in [-0.05, 0) is 29.8 Å². The van der Waals surface area contributed by atoms with Crippen LogP contribution in [0.5, 0.6) is 0 Å². The predicted molar refractivity (Wildman–Crippen MR) is 74.6 cm³/mol. The van der Waals surface area contributed by atoms with Gasteiger partial charge >= 0.3 is 0 Å². The number of anilines is 2. The molecule has 0 atom stereocenters. The van der Waals surface area contributed by atoms with Crippen LogP contribution in [0.2, 0.25) is 10.0 Å². The molecule has 2 nitrogen and oxygen atoms in total. The van der Waals surface area contributed by atoms with Crippen LogP contribution in [0.25, 0.3) is 0 Å². The number of nitrogens with two attached hydrogens (primary N) is 1. The minimum atomic E-state index is 0.557. The van der Waals surface area contributed by atoms with E-state index in [4.69, 9.17) is 28.9 Å². The molecule has 0 amide bonds. The van der Waals surface area contributed by atoms with Gasteiger partial charge in [-0.15, -0.1) is 0 Å². The molecular weight excluding hydrogens is 255 g/mol. The van der Waals surface area contributed by atoms with E-state index in [1.165, 1.54) is 0 Å². The maximum absolute atomic E-state index is 5.93. The average molecular weight is 267 g/mol. The van der Waals surface area contributed by atoms with Crippen LogP contribution in [-0.4, -0.2) is 0 Å². The van der Waals surface area contributed by atoms with Crippen molar-refractivity contribution < 1.29 is 0 Å². The monoisotopic (exact) mass is 266 g/mol. The molecule has 3 N–H and O–H groups in total. The summed E-state index contributed by atoms with van der Waals surface area (Å²) in [5.41, 5.74) is 8.35. The first-order valence-corrected chi connectivity index (χ1v) is 5.95. The Hall–Kier alpha value is -1.38. The number of nitrogen functional groups attached to an aromatic ring is 1. The van der Waals surface area contributed by atoms with Crippen LogP contribution in [0.1, 0.15) is 5.56 Å². The molecule has 2 rings (SSSR count). The first-order valence-electron chi connectivity index (χ1n) is 5.19. The van der Waals surface area contributed by atoms with Gasteiger partial charge < -0.3 is 11.1 Å². The summed E-state index contributed by atoms with van der Waals surface area (Å²) in [7, 11) is 0. The zero-order valence-electron chi connectivity index (χ0n) is 9.08. The Morgan fingerprint density at radius 2 is 1.82 bits per heavy atom. The summed E-state index contributed by atoms with van der Waals surface area (Å²) in [5.74, 6) is 0. The Labute approximate surface area is 110 Å². The molecule has 0 radical (unpaired) electrons. The average Bonchev–Trinajstić information content (AvgIpc) is 2.31. The molecule has 0 spiro atoms. The van der Waals surface area contributed by atoms with Crippen molar-refractivity contribution in [1.82, 2.24) is 0 Å². The number of nitrogens with one attached hydrogen (secondary N) is 1. The summed E-state index contributed by atoms with van der Waals surface area (Å²) in [6.45, 7) is 0.658. The highest BCUT2D eigenvalue weighted by Crippen LogP contribution is 2.27. The topological polar surface area (TPSA) is 38.0 Å². The molecule has 2 aromatic carbocycles. The van der Waals surface area contributed by atoms with Gasteiger partial charge in [0, 0.05) is 11.6 Å². The third kappa shape index (κ3) is 3.05. The number of halogens is 2. The number of benzene rings is 2. The summed E-state index contributed by atoms with van der Waals surface area (Å²) in [6.07, 6.45) is 0. The van der Waals surface area contributed by atoms with Crippen LogP contribution in [0, 0.1) is 0 Å². The fourth-order valence-electron chi connectivity index (χ4n) is 1.54. The second-order valence-electron chi connectivity index (χ2n) is 3.68. The van der Waals surface area contributed by atoms with Crippen LogP contribution in [0.15, 0.2) is 42.5 Å². The van der Waals surface area contributed by atoms with Gasteiger partial charge in [0.05, 0.1) is 16.4 Å². The smallest absolute Gasteiger partial charge is 0.0739 e. The Kier molecular flexibility index (Phi) is 3.77. The molecule has 0 heterocycles. The highest BCUT2D eigenvalue weighted by atomic mass is 35.5. The molecule has 88 valence electrons. The third-order valence-corrected chi connectivity index (χ3v) is 2.99. The molecule has 17 heavy (non-hydrogen) atoms. The SMILES string of the molecule is Nc1c(Cl)cccc1NCc1cccc(Cl)c1. The first kappa shape index (κ1) is 12.1. The van der Waals surface area contributed by atoms with Gasteiger partial charge in [0.15, 0.2) is 0 Å². The van der Waals surface area contributed by atoms with Crippen LogP contribution in [0.4, 0.5) is 11.4 Å². The Morgan fingerprint density at radius 1 is 1.06 bits per heavy atom.